The highest BCUT2D eigenvalue weighted by Crippen LogP contribution is 2.31. The predicted molar refractivity (Wildman–Crippen MR) is 102 cm³/mol. The molecule has 3 rings (SSSR count). The van der Waals surface area contributed by atoms with E-state index in [1.807, 2.05) is 54.6 Å². The van der Waals surface area contributed by atoms with E-state index in [2.05, 4.69) is 26.2 Å². The number of anilines is 1. The lowest BCUT2D eigenvalue weighted by Crippen LogP contribution is -2.15. The van der Waals surface area contributed by atoms with Crippen LogP contribution in [-0.4, -0.2) is 22.6 Å². The van der Waals surface area contributed by atoms with Crippen LogP contribution in [0.15, 0.2) is 46.9 Å². The number of hydrogen-bond acceptors (Lipinski definition) is 2. The van der Waals surface area contributed by atoms with Crippen LogP contribution in [0.5, 0.6) is 0 Å². The standard InChI is InChI=1S/C18H14BrClN2O2/c19-12-4-7-14-16(9-12)21-15(18(14)22-17(24)10-23)8-3-11-1-5-13(20)6-2-11/h1-9,21,23H,10H2,(H,22,24)/b8-3+. The second-order valence-electron chi connectivity index (χ2n) is 5.19. The summed E-state index contributed by atoms with van der Waals surface area (Å²) in [6.45, 7) is -0.566. The van der Waals surface area contributed by atoms with Crippen LogP contribution >= 0.6 is 27.5 Å². The molecular weight excluding hydrogens is 392 g/mol. The number of aromatic nitrogens is 1. The van der Waals surface area contributed by atoms with E-state index in [-0.39, 0.29) is 0 Å². The van der Waals surface area contributed by atoms with Crippen molar-refractivity contribution in [1.82, 2.24) is 4.98 Å². The topological polar surface area (TPSA) is 65.1 Å². The van der Waals surface area contributed by atoms with E-state index in [1.165, 1.54) is 0 Å². The van der Waals surface area contributed by atoms with E-state index in [1.54, 1.807) is 0 Å². The fourth-order valence-corrected chi connectivity index (χ4v) is 2.87. The Morgan fingerprint density at radius 2 is 1.96 bits per heavy atom. The number of aromatic amines is 1. The molecule has 0 spiro atoms. The van der Waals surface area contributed by atoms with Gasteiger partial charge in [-0.25, -0.2) is 0 Å². The van der Waals surface area contributed by atoms with Crippen LogP contribution in [0.1, 0.15) is 11.3 Å². The molecule has 3 aromatic rings. The maximum Gasteiger partial charge on any atom is 0.250 e. The van der Waals surface area contributed by atoms with Gasteiger partial charge in [-0.3, -0.25) is 4.79 Å². The molecule has 24 heavy (non-hydrogen) atoms. The number of rotatable bonds is 4. The maximum absolute atomic E-state index is 11.6. The Balaban J connectivity index is 2.03. The highest BCUT2D eigenvalue weighted by atomic mass is 79.9. The zero-order chi connectivity index (χ0) is 17.1. The van der Waals surface area contributed by atoms with Crippen LogP contribution < -0.4 is 5.32 Å². The van der Waals surface area contributed by atoms with E-state index in [0.29, 0.717) is 10.7 Å². The molecule has 0 saturated heterocycles. The van der Waals surface area contributed by atoms with Gasteiger partial charge in [0.15, 0.2) is 0 Å². The van der Waals surface area contributed by atoms with Gasteiger partial charge in [-0.15, -0.1) is 0 Å². The quantitative estimate of drug-likeness (QED) is 0.590. The largest absolute Gasteiger partial charge is 0.387 e. The van der Waals surface area contributed by atoms with Crippen molar-refractivity contribution in [3.63, 3.8) is 0 Å². The number of H-pyrrole nitrogens is 1. The Morgan fingerprint density at radius 3 is 2.67 bits per heavy atom. The Bertz CT molecular complexity index is 917. The van der Waals surface area contributed by atoms with Gasteiger partial charge < -0.3 is 15.4 Å². The van der Waals surface area contributed by atoms with Gasteiger partial charge in [-0.2, -0.15) is 0 Å². The minimum atomic E-state index is -0.566. The van der Waals surface area contributed by atoms with Gasteiger partial charge in [0, 0.05) is 20.4 Å². The number of aliphatic hydroxyl groups excluding tert-OH is 1. The number of benzene rings is 2. The van der Waals surface area contributed by atoms with Crippen molar-refractivity contribution >= 4 is 62.2 Å². The molecule has 1 heterocycles. The van der Waals surface area contributed by atoms with E-state index in [4.69, 9.17) is 16.7 Å². The number of fused-ring (bicyclic) bond motifs is 1. The van der Waals surface area contributed by atoms with Crippen LogP contribution in [0.25, 0.3) is 23.1 Å². The summed E-state index contributed by atoms with van der Waals surface area (Å²) in [4.78, 5) is 14.9. The number of carbonyl (C=O) groups is 1. The normalized spacial score (nSPS) is 11.3. The van der Waals surface area contributed by atoms with Crippen molar-refractivity contribution in [3.8, 4) is 0 Å². The van der Waals surface area contributed by atoms with E-state index in [9.17, 15) is 4.79 Å². The minimum absolute atomic E-state index is 0.458. The molecule has 1 aromatic heterocycles. The molecule has 0 atom stereocenters. The van der Waals surface area contributed by atoms with Crippen LogP contribution in [-0.2, 0) is 4.79 Å². The number of aliphatic hydroxyl groups is 1. The first-order chi connectivity index (χ1) is 11.6. The van der Waals surface area contributed by atoms with Crippen molar-refractivity contribution in [2.24, 2.45) is 0 Å². The lowest BCUT2D eigenvalue weighted by atomic mass is 10.1. The molecule has 0 radical (unpaired) electrons. The summed E-state index contributed by atoms with van der Waals surface area (Å²) in [5.74, 6) is -0.458. The molecule has 0 fully saturated rings. The average Bonchev–Trinajstić information content (AvgIpc) is 2.91. The summed E-state index contributed by atoms with van der Waals surface area (Å²) >= 11 is 9.33. The second kappa shape index (κ2) is 7.21. The first-order valence-electron chi connectivity index (χ1n) is 7.22. The van der Waals surface area contributed by atoms with Crippen LogP contribution in [0.2, 0.25) is 5.02 Å². The monoisotopic (exact) mass is 404 g/mol. The molecule has 122 valence electrons. The molecule has 2 aromatic carbocycles. The van der Waals surface area contributed by atoms with Crippen molar-refractivity contribution in [3.05, 3.63) is 63.2 Å². The first-order valence-corrected chi connectivity index (χ1v) is 8.39. The van der Waals surface area contributed by atoms with Gasteiger partial charge in [0.2, 0.25) is 5.91 Å². The van der Waals surface area contributed by atoms with Crippen molar-refractivity contribution in [2.75, 3.05) is 11.9 Å². The summed E-state index contributed by atoms with van der Waals surface area (Å²) in [5, 5.41) is 13.3. The number of amides is 1. The second-order valence-corrected chi connectivity index (χ2v) is 6.55. The molecule has 6 heteroatoms. The zero-order valence-electron chi connectivity index (χ0n) is 12.5. The van der Waals surface area contributed by atoms with E-state index >= 15 is 0 Å². The average molecular weight is 406 g/mol. The van der Waals surface area contributed by atoms with Crippen molar-refractivity contribution < 1.29 is 9.90 Å². The van der Waals surface area contributed by atoms with Gasteiger partial charge in [0.1, 0.15) is 6.61 Å². The molecule has 1 amide bonds. The minimum Gasteiger partial charge on any atom is -0.387 e. The Morgan fingerprint density at radius 1 is 1.21 bits per heavy atom. The molecule has 0 unspecified atom stereocenters. The molecule has 3 N–H and O–H groups in total. The third-order valence-corrected chi connectivity index (χ3v) is 4.26. The summed E-state index contributed by atoms with van der Waals surface area (Å²) in [6, 6.07) is 13.2. The van der Waals surface area contributed by atoms with Crippen molar-refractivity contribution in [2.45, 2.75) is 0 Å². The van der Waals surface area contributed by atoms with Gasteiger partial charge in [-0.1, -0.05) is 45.7 Å². The zero-order valence-corrected chi connectivity index (χ0v) is 14.9. The molecule has 0 aliphatic carbocycles. The molecule has 0 saturated carbocycles. The van der Waals surface area contributed by atoms with Gasteiger partial charge in [0.25, 0.3) is 0 Å². The van der Waals surface area contributed by atoms with Crippen LogP contribution in [0.3, 0.4) is 0 Å². The summed E-state index contributed by atoms with van der Waals surface area (Å²) in [5.41, 5.74) is 3.26. The Hall–Kier alpha value is -2.08. The van der Waals surface area contributed by atoms with Crippen LogP contribution in [0.4, 0.5) is 5.69 Å². The third-order valence-electron chi connectivity index (χ3n) is 3.51. The number of carbonyl (C=O) groups excluding carboxylic acids is 1. The van der Waals surface area contributed by atoms with Crippen molar-refractivity contribution in [1.29, 1.82) is 0 Å². The smallest absolute Gasteiger partial charge is 0.250 e. The molecule has 0 aliphatic heterocycles. The maximum atomic E-state index is 11.6. The predicted octanol–water partition coefficient (Wildman–Crippen LogP) is 4.69. The number of hydrogen-bond donors (Lipinski definition) is 3. The van der Waals surface area contributed by atoms with E-state index < -0.39 is 12.5 Å². The highest BCUT2D eigenvalue weighted by Gasteiger charge is 2.12. The summed E-state index contributed by atoms with van der Waals surface area (Å²) in [6.07, 6.45) is 3.80. The third kappa shape index (κ3) is 3.70. The fraction of sp³-hybridized carbons (Fsp3) is 0.0556. The summed E-state index contributed by atoms with van der Waals surface area (Å²) in [7, 11) is 0. The SMILES string of the molecule is O=C(CO)Nc1c(/C=C/c2ccc(Cl)cc2)[nH]c2cc(Br)ccc12. The summed E-state index contributed by atoms with van der Waals surface area (Å²) < 4.78 is 0.935. The Kier molecular flexibility index (Phi) is 5.04. The fourth-order valence-electron chi connectivity index (χ4n) is 2.38. The Labute approximate surface area is 152 Å². The van der Waals surface area contributed by atoms with E-state index in [0.717, 1.165) is 26.6 Å². The van der Waals surface area contributed by atoms with Gasteiger partial charge >= 0.3 is 0 Å². The molecule has 4 nitrogen and oxygen atoms in total. The molecular formula is C18H14BrClN2O2. The first kappa shape index (κ1) is 16.8. The molecule has 0 aliphatic rings. The van der Waals surface area contributed by atoms with Gasteiger partial charge in [-0.05, 0) is 42.0 Å². The highest BCUT2D eigenvalue weighted by molar-refractivity contribution is 9.10. The van der Waals surface area contributed by atoms with Crippen LogP contribution in [0, 0.1) is 0 Å². The number of nitrogens with one attached hydrogen (secondary N) is 2. The lowest BCUT2D eigenvalue weighted by Gasteiger charge is -2.03. The number of halogens is 2. The lowest BCUT2D eigenvalue weighted by molar-refractivity contribution is -0.118. The van der Waals surface area contributed by atoms with Gasteiger partial charge in [0.05, 0.1) is 11.4 Å². The molecule has 0 bridgehead atoms.